The Morgan fingerprint density at radius 2 is 2.21 bits per heavy atom. The van der Waals surface area contributed by atoms with E-state index in [0.717, 1.165) is 29.9 Å². The van der Waals surface area contributed by atoms with Crippen LogP contribution in [0.1, 0.15) is 40.4 Å². The van der Waals surface area contributed by atoms with Crippen LogP contribution in [0, 0.1) is 12.7 Å². The molecule has 1 aromatic heterocycles. The van der Waals surface area contributed by atoms with Gasteiger partial charge in [-0.15, -0.1) is 12.4 Å². The molecule has 1 aromatic carbocycles. The average molecular weight is 353 g/mol. The summed E-state index contributed by atoms with van der Waals surface area (Å²) in [5.41, 5.74) is 1.79. The summed E-state index contributed by atoms with van der Waals surface area (Å²) in [5.74, 6) is 0.777. The Balaban J connectivity index is 0.00000208. The number of carbonyl (C=O) groups is 1. The molecule has 0 aliphatic carbocycles. The molecule has 2 aromatic rings. The SMILES string of the molecule is CCc1oc(C(=O)N2CCNCC2c2cccc(F)c2)cc1C.Cl. The molecule has 1 N–H and O–H groups in total. The van der Waals surface area contributed by atoms with Gasteiger partial charge >= 0.3 is 0 Å². The quantitative estimate of drug-likeness (QED) is 0.919. The second kappa shape index (κ2) is 7.81. The molecule has 1 aliphatic heterocycles. The minimum atomic E-state index is -0.289. The van der Waals surface area contributed by atoms with Crippen molar-refractivity contribution in [3.63, 3.8) is 0 Å². The van der Waals surface area contributed by atoms with Gasteiger partial charge in [0.2, 0.25) is 0 Å². The van der Waals surface area contributed by atoms with Crippen LogP contribution < -0.4 is 5.32 Å². The standard InChI is InChI=1S/C18H21FN2O2.ClH/c1-3-16-12(2)9-17(23-16)18(22)21-8-7-20-11-15(21)13-5-4-6-14(19)10-13;/h4-6,9-10,15,20H,3,7-8,11H2,1-2H3;1H. The number of carbonyl (C=O) groups excluding carboxylic acids is 1. The van der Waals surface area contributed by atoms with E-state index in [0.29, 0.717) is 18.8 Å². The Labute approximate surface area is 147 Å². The summed E-state index contributed by atoms with van der Waals surface area (Å²) in [6.45, 7) is 5.84. The number of piperazine rings is 1. The van der Waals surface area contributed by atoms with Gasteiger partial charge in [-0.1, -0.05) is 19.1 Å². The van der Waals surface area contributed by atoms with Gasteiger partial charge in [0, 0.05) is 26.1 Å². The summed E-state index contributed by atoms with van der Waals surface area (Å²) in [5, 5.41) is 3.27. The molecule has 0 radical (unpaired) electrons. The molecule has 4 nitrogen and oxygen atoms in total. The van der Waals surface area contributed by atoms with Crippen molar-refractivity contribution in [3.8, 4) is 0 Å². The van der Waals surface area contributed by atoms with Crippen molar-refractivity contribution in [1.29, 1.82) is 0 Å². The Bertz CT molecular complexity index is 717. The van der Waals surface area contributed by atoms with Crippen LogP contribution in [0.5, 0.6) is 0 Å². The lowest BCUT2D eigenvalue weighted by molar-refractivity contribution is 0.0599. The molecule has 0 saturated carbocycles. The number of amides is 1. The second-order valence-corrected chi connectivity index (χ2v) is 5.84. The summed E-state index contributed by atoms with van der Waals surface area (Å²) in [6.07, 6.45) is 0.758. The van der Waals surface area contributed by atoms with E-state index in [1.54, 1.807) is 17.0 Å². The zero-order chi connectivity index (χ0) is 16.4. The third-order valence-electron chi connectivity index (χ3n) is 4.29. The monoisotopic (exact) mass is 352 g/mol. The molecule has 0 bridgehead atoms. The van der Waals surface area contributed by atoms with Gasteiger partial charge in [0.15, 0.2) is 5.76 Å². The van der Waals surface area contributed by atoms with Crippen molar-refractivity contribution in [2.24, 2.45) is 0 Å². The van der Waals surface area contributed by atoms with Crippen LogP contribution in [0.15, 0.2) is 34.7 Å². The molecule has 2 heterocycles. The van der Waals surface area contributed by atoms with Gasteiger partial charge in [-0.2, -0.15) is 0 Å². The maximum absolute atomic E-state index is 13.5. The minimum absolute atomic E-state index is 0. The molecular weight excluding hydrogens is 331 g/mol. The highest BCUT2D eigenvalue weighted by atomic mass is 35.5. The molecule has 1 aliphatic rings. The van der Waals surface area contributed by atoms with Gasteiger partial charge in [0.25, 0.3) is 5.91 Å². The number of aryl methyl sites for hydroxylation is 2. The Morgan fingerprint density at radius 3 is 2.88 bits per heavy atom. The van der Waals surface area contributed by atoms with Crippen molar-refractivity contribution in [1.82, 2.24) is 10.2 Å². The summed E-state index contributed by atoms with van der Waals surface area (Å²) in [6, 6.07) is 8.03. The van der Waals surface area contributed by atoms with Crippen LogP contribution in [0.2, 0.25) is 0 Å². The number of nitrogens with one attached hydrogen (secondary N) is 1. The fraction of sp³-hybridized carbons (Fsp3) is 0.389. The number of furan rings is 1. The molecule has 130 valence electrons. The molecule has 1 saturated heterocycles. The number of benzene rings is 1. The lowest BCUT2D eigenvalue weighted by Gasteiger charge is -2.36. The van der Waals surface area contributed by atoms with Crippen molar-refractivity contribution < 1.29 is 13.6 Å². The third kappa shape index (κ3) is 3.62. The van der Waals surface area contributed by atoms with E-state index >= 15 is 0 Å². The highest BCUT2D eigenvalue weighted by Gasteiger charge is 2.30. The van der Waals surface area contributed by atoms with E-state index in [1.165, 1.54) is 12.1 Å². The summed E-state index contributed by atoms with van der Waals surface area (Å²) in [7, 11) is 0. The zero-order valence-corrected chi connectivity index (χ0v) is 14.7. The van der Waals surface area contributed by atoms with Gasteiger partial charge in [-0.05, 0) is 36.2 Å². The number of hydrogen-bond donors (Lipinski definition) is 1. The number of hydrogen-bond acceptors (Lipinski definition) is 3. The van der Waals surface area contributed by atoms with Gasteiger partial charge in [-0.3, -0.25) is 4.79 Å². The smallest absolute Gasteiger partial charge is 0.290 e. The first-order valence-electron chi connectivity index (χ1n) is 7.96. The summed E-state index contributed by atoms with van der Waals surface area (Å²) >= 11 is 0. The topological polar surface area (TPSA) is 45.5 Å². The van der Waals surface area contributed by atoms with E-state index < -0.39 is 0 Å². The lowest BCUT2D eigenvalue weighted by Crippen LogP contribution is -2.48. The zero-order valence-electron chi connectivity index (χ0n) is 13.8. The van der Waals surface area contributed by atoms with Gasteiger partial charge in [-0.25, -0.2) is 4.39 Å². The first-order chi connectivity index (χ1) is 11.1. The molecule has 1 atom stereocenters. The van der Waals surface area contributed by atoms with Crippen molar-refractivity contribution in [3.05, 3.63) is 58.8 Å². The van der Waals surface area contributed by atoms with Crippen LogP contribution in [0.25, 0.3) is 0 Å². The lowest BCUT2D eigenvalue weighted by atomic mass is 10.0. The normalized spacial score (nSPS) is 17.5. The summed E-state index contributed by atoms with van der Waals surface area (Å²) in [4.78, 5) is 14.6. The van der Waals surface area contributed by atoms with Crippen molar-refractivity contribution in [2.75, 3.05) is 19.6 Å². The molecule has 3 rings (SSSR count). The van der Waals surface area contributed by atoms with E-state index in [2.05, 4.69) is 5.32 Å². The molecular formula is C18H22ClFN2O2. The van der Waals surface area contributed by atoms with E-state index in [-0.39, 0.29) is 30.2 Å². The molecule has 6 heteroatoms. The van der Waals surface area contributed by atoms with E-state index in [9.17, 15) is 9.18 Å². The molecule has 1 unspecified atom stereocenters. The minimum Gasteiger partial charge on any atom is -0.456 e. The molecule has 24 heavy (non-hydrogen) atoms. The highest BCUT2D eigenvalue weighted by Crippen LogP contribution is 2.26. The van der Waals surface area contributed by atoms with Crippen LogP contribution in [0.3, 0.4) is 0 Å². The van der Waals surface area contributed by atoms with E-state index in [1.807, 2.05) is 19.9 Å². The van der Waals surface area contributed by atoms with Gasteiger partial charge in [0.05, 0.1) is 6.04 Å². The fourth-order valence-corrected chi connectivity index (χ4v) is 3.08. The van der Waals surface area contributed by atoms with Gasteiger partial charge in [0.1, 0.15) is 11.6 Å². The van der Waals surface area contributed by atoms with Crippen molar-refractivity contribution in [2.45, 2.75) is 26.3 Å². The number of halogens is 2. The van der Waals surface area contributed by atoms with Gasteiger partial charge < -0.3 is 14.6 Å². The van der Waals surface area contributed by atoms with E-state index in [4.69, 9.17) is 4.42 Å². The maximum Gasteiger partial charge on any atom is 0.290 e. The third-order valence-corrected chi connectivity index (χ3v) is 4.29. The first kappa shape index (κ1) is 18.5. The summed E-state index contributed by atoms with van der Waals surface area (Å²) < 4.78 is 19.2. The van der Waals surface area contributed by atoms with Crippen LogP contribution in [0.4, 0.5) is 4.39 Å². The predicted octanol–water partition coefficient (Wildman–Crippen LogP) is 3.50. The Morgan fingerprint density at radius 1 is 1.42 bits per heavy atom. The molecule has 1 amide bonds. The largest absolute Gasteiger partial charge is 0.456 e. The second-order valence-electron chi connectivity index (χ2n) is 5.84. The fourth-order valence-electron chi connectivity index (χ4n) is 3.08. The van der Waals surface area contributed by atoms with Crippen LogP contribution in [-0.2, 0) is 6.42 Å². The van der Waals surface area contributed by atoms with Crippen LogP contribution >= 0.6 is 12.4 Å². The number of nitrogens with zero attached hydrogens (tertiary/aromatic N) is 1. The predicted molar refractivity (Wildman–Crippen MR) is 93.1 cm³/mol. The molecule has 1 fully saturated rings. The Hall–Kier alpha value is -1.85. The highest BCUT2D eigenvalue weighted by molar-refractivity contribution is 5.92. The first-order valence-corrected chi connectivity index (χ1v) is 7.96. The maximum atomic E-state index is 13.5. The Kier molecular flexibility index (Phi) is 6.02. The average Bonchev–Trinajstić information content (AvgIpc) is 2.95. The molecule has 0 spiro atoms. The van der Waals surface area contributed by atoms with Crippen molar-refractivity contribution >= 4 is 18.3 Å². The number of rotatable bonds is 3. The van der Waals surface area contributed by atoms with Crippen LogP contribution in [-0.4, -0.2) is 30.4 Å².